The molecule has 3 aromatic rings. The summed E-state index contributed by atoms with van der Waals surface area (Å²) in [5.41, 5.74) is 3.66. The van der Waals surface area contributed by atoms with E-state index in [0.717, 1.165) is 11.1 Å². The Morgan fingerprint density at radius 2 is 1.76 bits per heavy atom. The molecule has 168 valence electrons. The van der Waals surface area contributed by atoms with Crippen LogP contribution in [0.25, 0.3) is 5.76 Å². The Bertz CT molecular complexity index is 1250. The summed E-state index contributed by atoms with van der Waals surface area (Å²) in [6.45, 7) is 7.69. The molecule has 0 radical (unpaired) electrons. The van der Waals surface area contributed by atoms with Gasteiger partial charge in [-0.15, -0.1) is 0 Å². The highest BCUT2D eigenvalue weighted by Gasteiger charge is 2.47. The molecule has 1 aromatic heterocycles. The minimum Gasteiger partial charge on any atom is -0.507 e. The number of aliphatic hydroxyl groups is 1. The van der Waals surface area contributed by atoms with Gasteiger partial charge in [-0.1, -0.05) is 29.8 Å². The molecule has 1 aliphatic heterocycles. The van der Waals surface area contributed by atoms with Gasteiger partial charge < -0.3 is 9.84 Å². The van der Waals surface area contributed by atoms with Crippen molar-refractivity contribution in [1.29, 1.82) is 0 Å². The van der Waals surface area contributed by atoms with Crippen LogP contribution >= 0.6 is 0 Å². The van der Waals surface area contributed by atoms with Crippen LogP contribution in [0.15, 0.2) is 72.6 Å². The van der Waals surface area contributed by atoms with Crippen molar-refractivity contribution in [2.75, 3.05) is 4.90 Å². The Hall–Kier alpha value is -3.93. The first-order chi connectivity index (χ1) is 15.8. The zero-order valence-corrected chi connectivity index (χ0v) is 19.1. The lowest BCUT2D eigenvalue weighted by Crippen LogP contribution is -2.30. The van der Waals surface area contributed by atoms with Gasteiger partial charge in [0.1, 0.15) is 11.5 Å². The fourth-order valence-electron chi connectivity index (χ4n) is 4.16. The third-order valence-electron chi connectivity index (χ3n) is 5.56. The Morgan fingerprint density at radius 3 is 2.42 bits per heavy atom. The summed E-state index contributed by atoms with van der Waals surface area (Å²) in [4.78, 5) is 32.1. The van der Waals surface area contributed by atoms with Crippen molar-refractivity contribution in [2.24, 2.45) is 0 Å². The molecule has 1 saturated heterocycles. The molecule has 1 fully saturated rings. The predicted molar refractivity (Wildman–Crippen MR) is 127 cm³/mol. The molecule has 0 bridgehead atoms. The topological polar surface area (TPSA) is 79.7 Å². The number of ether oxygens (including phenoxy) is 1. The molecule has 6 nitrogen and oxygen atoms in total. The van der Waals surface area contributed by atoms with Crippen molar-refractivity contribution in [3.8, 4) is 5.75 Å². The molecule has 1 amide bonds. The third kappa shape index (κ3) is 4.24. The largest absolute Gasteiger partial charge is 0.507 e. The number of rotatable bonds is 5. The van der Waals surface area contributed by atoms with E-state index in [9.17, 15) is 14.7 Å². The third-order valence-corrected chi connectivity index (χ3v) is 5.56. The second-order valence-corrected chi connectivity index (χ2v) is 8.43. The van der Waals surface area contributed by atoms with Crippen molar-refractivity contribution in [3.63, 3.8) is 0 Å². The Kier molecular flexibility index (Phi) is 6.01. The molecule has 0 spiro atoms. The van der Waals surface area contributed by atoms with Crippen LogP contribution in [0.2, 0.25) is 0 Å². The number of pyridine rings is 1. The van der Waals surface area contributed by atoms with Crippen LogP contribution < -0.4 is 9.64 Å². The lowest BCUT2D eigenvalue weighted by Gasteiger charge is -2.27. The van der Waals surface area contributed by atoms with E-state index in [1.54, 1.807) is 48.8 Å². The summed E-state index contributed by atoms with van der Waals surface area (Å²) in [7, 11) is 0. The van der Waals surface area contributed by atoms with Gasteiger partial charge in [0, 0.05) is 23.6 Å². The average molecular weight is 443 g/mol. The summed E-state index contributed by atoms with van der Waals surface area (Å²) >= 11 is 0. The molecular weight excluding hydrogens is 416 g/mol. The molecule has 1 unspecified atom stereocenters. The van der Waals surface area contributed by atoms with Crippen molar-refractivity contribution in [2.45, 2.75) is 39.8 Å². The number of aryl methyl sites for hydroxylation is 2. The number of hydrogen-bond acceptors (Lipinski definition) is 5. The highest BCUT2D eigenvalue weighted by atomic mass is 16.5. The highest BCUT2D eigenvalue weighted by molar-refractivity contribution is 6.51. The smallest absolute Gasteiger partial charge is 0.300 e. The Labute approximate surface area is 193 Å². The van der Waals surface area contributed by atoms with Crippen LogP contribution in [-0.4, -0.2) is 27.9 Å². The summed E-state index contributed by atoms with van der Waals surface area (Å²) in [5, 5.41) is 11.3. The SMILES string of the molecule is Cc1ccc(N2C(=O)C(=O)/C(=C(/O)c3cccc(OC(C)C)c3)C2c2ccncc2)c(C)c1. The summed E-state index contributed by atoms with van der Waals surface area (Å²) in [6.07, 6.45) is 3.16. The molecule has 2 heterocycles. The summed E-state index contributed by atoms with van der Waals surface area (Å²) < 4.78 is 5.74. The summed E-state index contributed by atoms with van der Waals surface area (Å²) in [6, 6.07) is 15.3. The number of aromatic nitrogens is 1. The molecular formula is C27H26N2O4. The number of anilines is 1. The minimum atomic E-state index is -0.788. The normalized spacial score (nSPS) is 17.6. The zero-order chi connectivity index (χ0) is 23.7. The van der Waals surface area contributed by atoms with Crippen molar-refractivity contribution >= 4 is 23.1 Å². The summed E-state index contributed by atoms with van der Waals surface area (Å²) in [5.74, 6) is -1.08. The maximum atomic E-state index is 13.3. The maximum Gasteiger partial charge on any atom is 0.300 e. The molecule has 1 aliphatic rings. The second-order valence-electron chi connectivity index (χ2n) is 8.43. The quantitative estimate of drug-likeness (QED) is 0.337. The zero-order valence-electron chi connectivity index (χ0n) is 19.1. The van der Waals surface area contributed by atoms with Crippen LogP contribution in [-0.2, 0) is 9.59 Å². The average Bonchev–Trinajstić information content (AvgIpc) is 3.04. The van der Waals surface area contributed by atoms with Crippen LogP contribution in [0.1, 0.15) is 42.1 Å². The fraction of sp³-hybridized carbons (Fsp3) is 0.222. The van der Waals surface area contributed by atoms with E-state index >= 15 is 0 Å². The van der Waals surface area contributed by atoms with Gasteiger partial charge in [0.2, 0.25) is 0 Å². The highest BCUT2D eigenvalue weighted by Crippen LogP contribution is 2.43. The van der Waals surface area contributed by atoms with Gasteiger partial charge in [-0.25, -0.2) is 0 Å². The number of Topliss-reactive ketones (excluding diaryl/α,β-unsaturated/α-hetero) is 1. The lowest BCUT2D eigenvalue weighted by atomic mass is 9.95. The number of amides is 1. The standard InChI is InChI=1S/C27H26N2O4/c1-16(2)33-21-7-5-6-20(15-21)25(30)23-24(19-10-12-28-13-11-19)29(27(32)26(23)31)22-9-8-17(3)14-18(22)4/h5-16,24,30H,1-4H3/b25-23+. The van der Waals surface area contributed by atoms with Gasteiger partial charge in [-0.2, -0.15) is 0 Å². The van der Waals surface area contributed by atoms with E-state index in [0.29, 0.717) is 22.6 Å². The van der Waals surface area contributed by atoms with Crippen LogP contribution in [0.5, 0.6) is 5.75 Å². The maximum absolute atomic E-state index is 13.3. The molecule has 1 N–H and O–H groups in total. The van der Waals surface area contributed by atoms with E-state index < -0.39 is 17.7 Å². The van der Waals surface area contributed by atoms with Gasteiger partial charge in [0.15, 0.2) is 0 Å². The molecule has 0 saturated carbocycles. The number of carbonyl (C=O) groups is 2. The number of ketones is 1. The molecule has 0 aliphatic carbocycles. The van der Waals surface area contributed by atoms with Crippen LogP contribution in [0.3, 0.4) is 0 Å². The fourth-order valence-corrected chi connectivity index (χ4v) is 4.16. The van der Waals surface area contributed by atoms with E-state index in [1.165, 1.54) is 4.90 Å². The van der Waals surface area contributed by atoms with Crippen molar-refractivity contribution in [1.82, 2.24) is 4.98 Å². The van der Waals surface area contributed by atoms with Crippen LogP contribution in [0.4, 0.5) is 5.69 Å². The Morgan fingerprint density at radius 1 is 1.03 bits per heavy atom. The lowest BCUT2D eigenvalue weighted by molar-refractivity contribution is -0.132. The molecule has 1 atom stereocenters. The molecule has 2 aromatic carbocycles. The van der Waals surface area contributed by atoms with Gasteiger partial charge in [0.25, 0.3) is 11.7 Å². The van der Waals surface area contributed by atoms with Crippen molar-refractivity contribution in [3.05, 3.63) is 94.8 Å². The number of benzene rings is 2. The van der Waals surface area contributed by atoms with E-state index in [1.807, 2.05) is 45.9 Å². The first-order valence-electron chi connectivity index (χ1n) is 10.8. The minimum absolute atomic E-state index is 0.0351. The van der Waals surface area contributed by atoms with Gasteiger partial charge in [0.05, 0.1) is 17.7 Å². The first kappa shape index (κ1) is 22.3. The van der Waals surface area contributed by atoms with Gasteiger partial charge in [-0.05, 0) is 69.2 Å². The van der Waals surface area contributed by atoms with Crippen molar-refractivity contribution < 1.29 is 19.4 Å². The van der Waals surface area contributed by atoms with Gasteiger partial charge in [-0.3, -0.25) is 19.5 Å². The number of carbonyl (C=O) groups excluding carboxylic acids is 2. The molecule has 33 heavy (non-hydrogen) atoms. The van der Waals surface area contributed by atoms with E-state index in [4.69, 9.17) is 4.74 Å². The molecule has 6 heteroatoms. The second kappa shape index (κ2) is 8.90. The monoisotopic (exact) mass is 442 g/mol. The number of nitrogens with zero attached hydrogens (tertiary/aromatic N) is 2. The van der Waals surface area contributed by atoms with Crippen LogP contribution in [0, 0.1) is 13.8 Å². The first-order valence-corrected chi connectivity index (χ1v) is 10.8. The van der Waals surface area contributed by atoms with Gasteiger partial charge >= 0.3 is 0 Å². The molecule has 4 rings (SSSR count). The van der Waals surface area contributed by atoms with E-state index in [-0.39, 0.29) is 17.4 Å². The predicted octanol–water partition coefficient (Wildman–Crippen LogP) is 5.11. The number of hydrogen-bond donors (Lipinski definition) is 1. The van der Waals surface area contributed by atoms with E-state index in [2.05, 4.69) is 4.98 Å². The number of aliphatic hydroxyl groups excluding tert-OH is 1. The Balaban J connectivity index is 1.91.